The van der Waals surface area contributed by atoms with Crippen molar-refractivity contribution >= 4 is 11.9 Å². The van der Waals surface area contributed by atoms with Gasteiger partial charge in [-0.15, -0.1) is 0 Å². The van der Waals surface area contributed by atoms with Crippen LogP contribution >= 0.6 is 0 Å². The zero-order valence-corrected chi connectivity index (χ0v) is 11.0. The minimum atomic E-state index is 0.372. The van der Waals surface area contributed by atoms with E-state index in [1.165, 1.54) is 0 Å². The highest BCUT2D eigenvalue weighted by atomic mass is 16.5. The first-order chi connectivity index (χ1) is 8.24. The van der Waals surface area contributed by atoms with Gasteiger partial charge in [-0.3, -0.25) is 0 Å². The van der Waals surface area contributed by atoms with Crippen LogP contribution in [0, 0.1) is 0 Å². The monoisotopic (exact) mass is 239 g/mol. The molecule has 0 radical (unpaired) electrons. The normalized spacial score (nSPS) is 10.1. The summed E-state index contributed by atoms with van der Waals surface area (Å²) in [6.45, 7) is 8.46. The van der Waals surface area contributed by atoms with Crippen LogP contribution in [0.3, 0.4) is 0 Å². The van der Waals surface area contributed by atoms with Gasteiger partial charge in [0.05, 0.1) is 6.61 Å². The second-order valence-corrected chi connectivity index (χ2v) is 3.50. The number of aromatic nitrogens is 3. The van der Waals surface area contributed by atoms with Gasteiger partial charge >= 0.3 is 6.01 Å². The van der Waals surface area contributed by atoms with Crippen molar-refractivity contribution in [3.63, 3.8) is 0 Å². The molecule has 0 saturated heterocycles. The van der Waals surface area contributed by atoms with Crippen molar-refractivity contribution in [1.29, 1.82) is 0 Å². The topological polar surface area (TPSA) is 63.2 Å². The molecule has 0 fully saturated rings. The lowest BCUT2D eigenvalue weighted by Gasteiger charge is -2.20. The number of hydrogen-bond donors (Lipinski definition) is 1. The minimum Gasteiger partial charge on any atom is -0.464 e. The summed E-state index contributed by atoms with van der Waals surface area (Å²) >= 11 is 0. The molecule has 1 N–H and O–H groups in total. The second kappa shape index (κ2) is 6.88. The number of ether oxygens (including phenoxy) is 1. The Morgan fingerprint density at radius 3 is 2.47 bits per heavy atom. The number of nitrogens with zero attached hydrogens (tertiary/aromatic N) is 4. The summed E-state index contributed by atoms with van der Waals surface area (Å²) in [6, 6.07) is 0.372. The molecule has 0 aliphatic rings. The van der Waals surface area contributed by atoms with E-state index in [1.54, 1.807) is 7.05 Å². The van der Waals surface area contributed by atoms with Gasteiger partial charge in [0.15, 0.2) is 0 Å². The highest BCUT2D eigenvalue weighted by molar-refractivity contribution is 5.37. The summed E-state index contributed by atoms with van der Waals surface area (Å²) in [5.74, 6) is 1.20. The van der Waals surface area contributed by atoms with E-state index in [1.807, 2.05) is 6.92 Å². The first kappa shape index (κ1) is 13.5. The van der Waals surface area contributed by atoms with Crippen molar-refractivity contribution in [2.45, 2.75) is 27.2 Å². The van der Waals surface area contributed by atoms with Gasteiger partial charge in [0.2, 0.25) is 11.9 Å². The van der Waals surface area contributed by atoms with E-state index in [0.717, 1.165) is 19.5 Å². The number of rotatable bonds is 7. The molecule has 0 atom stereocenters. The third-order valence-electron chi connectivity index (χ3n) is 2.26. The fourth-order valence-corrected chi connectivity index (χ4v) is 1.46. The Morgan fingerprint density at radius 2 is 1.94 bits per heavy atom. The second-order valence-electron chi connectivity index (χ2n) is 3.50. The fourth-order valence-electron chi connectivity index (χ4n) is 1.46. The summed E-state index contributed by atoms with van der Waals surface area (Å²) in [5, 5.41) is 2.92. The molecule has 6 nitrogen and oxygen atoms in total. The van der Waals surface area contributed by atoms with Gasteiger partial charge in [-0.25, -0.2) is 0 Å². The van der Waals surface area contributed by atoms with E-state index in [-0.39, 0.29) is 0 Å². The van der Waals surface area contributed by atoms with Crippen LogP contribution in [0.25, 0.3) is 0 Å². The lowest BCUT2D eigenvalue weighted by atomic mass is 10.4. The lowest BCUT2D eigenvalue weighted by Crippen LogP contribution is -2.26. The Balaban J connectivity index is 2.99. The van der Waals surface area contributed by atoms with Crippen molar-refractivity contribution in [2.24, 2.45) is 0 Å². The predicted octanol–water partition coefficient (Wildman–Crippen LogP) is 1.55. The smallest absolute Gasteiger partial charge is 0.323 e. The molecule has 17 heavy (non-hydrogen) atoms. The van der Waals surface area contributed by atoms with Crippen LogP contribution in [0.15, 0.2) is 0 Å². The number of nitrogens with one attached hydrogen (secondary N) is 1. The Morgan fingerprint density at radius 1 is 1.18 bits per heavy atom. The van der Waals surface area contributed by atoms with E-state index in [9.17, 15) is 0 Å². The maximum atomic E-state index is 5.33. The molecule has 0 saturated carbocycles. The van der Waals surface area contributed by atoms with Crippen LogP contribution in [-0.4, -0.2) is 41.7 Å². The molecule has 1 heterocycles. The molecule has 0 bridgehead atoms. The fraction of sp³-hybridized carbons (Fsp3) is 0.727. The molecular formula is C11H21N5O. The van der Waals surface area contributed by atoms with Gasteiger partial charge in [-0.1, -0.05) is 6.92 Å². The molecule has 0 spiro atoms. The highest BCUT2D eigenvalue weighted by Gasteiger charge is 2.11. The standard InChI is InChI=1S/C11H21N5O/c1-5-8-16(6-2)10-13-9(12-4)14-11(15-10)17-7-3/h5-8H2,1-4H3,(H,12,13,14,15). The van der Waals surface area contributed by atoms with E-state index in [2.05, 4.69) is 39.0 Å². The van der Waals surface area contributed by atoms with Crippen molar-refractivity contribution in [3.8, 4) is 6.01 Å². The van der Waals surface area contributed by atoms with Crippen molar-refractivity contribution in [1.82, 2.24) is 15.0 Å². The largest absolute Gasteiger partial charge is 0.464 e. The Hall–Kier alpha value is -1.59. The van der Waals surface area contributed by atoms with Gasteiger partial charge in [0, 0.05) is 20.1 Å². The van der Waals surface area contributed by atoms with Crippen molar-refractivity contribution in [3.05, 3.63) is 0 Å². The van der Waals surface area contributed by atoms with Crippen LogP contribution < -0.4 is 15.0 Å². The van der Waals surface area contributed by atoms with Crippen molar-refractivity contribution < 1.29 is 4.74 Å². The average Bonchev–Trinajstić information content (AvgIpc) is 2.35. The summed E-state index contributed by atoms with van der Waals surface area (Å²) in [5.41, 5.74) is 0. The van der Waals surface area contributed by atoms with Crippen LogP contribution in [0.5, 0.6) is 6.01 Å². The molecular weight excluding hydrogens is 218 g/mol. The van der Waals surface area contributed by atoms with Gasteiger partial charge in [-0.2, -0.15) is 15.0 Å². The third-order valence-corrected chi connectivity index (χ3v) is 2.26. The number of hydrogen-bond acceptors (Lipinski definition) is 6. The first-order valence-corrected chi connectivity index (χ1v) is 6.06. The molecule has 0 aromatic carbocycles. The average molecular weight is 239 g/mol. The van der Waals surface area contributed by atoms with Gasteiger partial charge in [0.25, 0.3) is 0 Å². The summed E-state index contributed by atoms with van der Waals surface area (Å²) in [4.78, 5) is 14.9. The van der Waals surface area contributed by atoms with Gasteiger partial charge < -0.3 is 15.0 Å². The SMILES string of the molecule is CCCN(CC)c1nc(NC)nc(OCC)n1. The van der Waals surface area contributed by atoms with Gasteiger partial charge in [0.1, 0.15) is 0 Å². The summed E-state index contributed by atoms with van der Waals surface area (Å²) < 4.78 is 5.33. The molecule has 0 aliphatic carbocycles. The van der Waals surface area contributed by atoms with E-state index >= 15 is 0 Å². The van der Waals surface area contributed by atoms with Crippen LogP contribution in [-0.2, 0) is 0 Å². The lowest BCUT2D eigenvalue weighted by molar-refractivity contribution is 0.312. The van der Waals surface area contributed by atoms with Crippen LogP contribution in [0.2, 0.25) is 0 Å². The molecule has 0 unspecified atom stereocenters. The number of anilines is 2. The first-order valence-electron chi connectivity index (χ1n) is 6.06. The van der Waals surface area contributed by atoms with Gasteiger partial charge in [-0.05, 0) is 20.3 Å². The zero-order valence-electron chi connectivity index (χ0n) is 11.0. The Labute approximate surface area is 102 Å². The summed E-state index contributed by atoms with van der Waals surface area (Å²) in [6.07, 6.45) is 1.05. The Bertz CT molecular complexity index is 345. The predicted molar refractivity (Wildman–Crippen MR) is 68.7 cm³/mol. The molecule has 1 aromatic rings. The minimum absolute atomic E-state index is 0.372. The van der Waals surface area contributed by atoms with Crippen LogP contribution in [0.1, 0.15) is 27.2 Å². The van der Waals surface area contributed by atoms with Crippen LogP contribution in [0.4, 0.5) is 11.9 Å². The van der Waals surface area contributed by atoms with E-state index in [4.69, 9.17) is 4.74 Å². The molecule has 1 aromatic heterocycles. The maximum Gasteiger partial charge on any atom is 0.323 e. The molecule has 0 amide bonds. The molecule has 96 valence electrons. The zero-order chi connectivity index (χ0) is 12.7. The summed E-state index contributed by atoms with van der Waals surface area (Å²) in [7, 11) is 1.78. The molecule has 1 rings (SSSR count). The van der Waals surface area contributed by atoms with E-state index < -0.39 is 0 Å². The molecule has 0 aliphatic heterocycles. The quantitative estimate of drug-likeness (QED) is 0.779. The highest BCUT2D eigenvalue weighted by Crippen LogP contribution is 2.14. The maximum absolute atomic E-state index is 5.33. The van der Waals surface area contributed by atoms with E-state index in [0.29, 0.717) is 24.5 Å². The molecule has 6 heteroatoms. The third kappa shape index (κ3) is 3.72. The van der Waals surface area contributed by atoms with Crippen molar-refractivity contribution in [2.75, 3.05) is 37.0 Å². The Kier molecular flexibility index (Phi) is 5.45.